The summed E-state index contributed by atoms with van der Waals surface area (Å²) >= 11 is 0. The summed E-state index contributed by atoms with van der Waals surface area (Å²) in [5.41, 5.74) is -3.21. The van der Waals surface area contributed by atoms with Gasteiger partial charge in [-0.2, -0.15) is 15.8 Å². The molecule has 1 N–H and O–H groups in total. The zero-order valence-corrected chi connectivity index (χ0v) is 11.1. The summed E-state index contributed by atoms with van der Waals surface area (Å²) in [6, 6.07) is 6.13. The Morgan fingerprint density at radius 2 is 1.90 bits per heavy atom. The van der Waals surface area contributed by atoms with Crippen LogP contribution >= 0.6 is 0 Å². The third-order valence-electron chi connectivity index (χ3n) is 5.09. The van der Waals surface area contributed by atoms with Gasteiger partial charge in [0.15, 0.2) is 10.8 Å². The number of fused-ring (bicyclic) bond motifs is 2. The lowest BCUT2D eigenvalue weighted by Crippen LogP contribution is -2.75. The van der Waals surface area contributed by atoms with Gasteiger partial charge in [-0.25, -0.2) is 0 Å². The first kappa shape index (κ1) is 12.9. The minimum absolute atomic E-state index is 0.292. The van der Waals surface area contributed by atoms with Crippen LogP contribution in [0.25, 0.3) is 0 Å². The molecule has 6 heteroatoms. The van der Waals surface area contributed by atoms with Crippen molar-refractivity contribution < 1.29 is 9.47 Å². The Labute approximate surface area is 117 Å². The minimum atomic E-state index is -1.64. The minimum Gasteiger partial charge on any atom is -0.447 e. The summed E-state index contributed by atoms with van der Waals surface area (Å²) in [4.78, 5) is 0. The highest BCUT2D eigenvalue weighted by Crippen LogP contribution is 2.65. The van der Waals surface area contributed by atoms with E-state index >= 15 is 0 Å². The number of hydrogen-bond acceptors (Lipinski definition) is 6. The third-order valence-corrected chi connectivity index (χ3v) is 5.09. The van der Waals surface area contributed by atoms with Crippen LogP contribution in [0.2, 0.25) is 0 Å². The van der Waals surface area contributed by atoms with E-state index in [2.05, 4.69) is 12.1 Å². The summed E-state index contributed by atoms with van der Waals surface area (Å²) in [5.74, 6) is -1.86. The van der Waals surface area contributed by atoms with Gasteiger partial charge < -0.3 is 9.47 Å². The number of nitrogens with one attached hydrogen (secondary N) is 1. The SMILES string of the molecule is C[C@@H]1O[C@]23CCCC[C@@H]2C(C#N)(C#N)[C@@]1(C#N)C(=N)O3. The summed E-state index contributed by atoms with van der Waals surface area (Å²) in [6.07, 6.45) is 2.18. The van der Waals surface area contributed by atoms with Crippen molar-refractivity contribution in [1.82, 2.24) is 0 Å². The highest BCUT2D eigenvalue weighted by atomic mass is 16.7. The molecule has 1 aliphatic carbocycles. The van der Waals surface area contributed by atoms with Gasteiger partial charge >= 0.3 is 0 Å². The molecule has 4 fully saturated rings. The smallest absolute Gasteiger partial charge is 0.217 e. The second-order valence-electron chi connectivity index (χ2n) is 5.75. The highest BCUT2D eigenvalue weighted by Gasteiger charge is 2.79. The summed E-state index contributed by atoms with van der Waals surface area (Å²) in [7, 11) is 0. The summed E-state index contributed by atoms with van der Waals surface area (Å²) in [6.45, 7) is 1.65. The van der Waals surface area contributed by atoms with Crippen molar-refractivity contribution in [1.29, 1.82) is 21.2 Å². The van der Waals surface area contributed by atoms with Gasteiger partial charge in [-0.15, -0.1) is 0 Å². The Kier molecular flexibility index (Phi) is 2.40. The fourth-order valence-electron chi connectivity index (χ4n) is 4.13. The number of hydrogen-bond donors (Lipinski definition) is 1. The van der Waals surface area contributed by atoms with E-state index in [9.17, 15) is 15.8 Å². The molecule has 4 aliphatic rings. The average molecular weight is 270 g/mol. The molecule has 3 heterocycles. The van der Waals surface area contributed by atoms with Crippen LogP contribution in [0.4, 0.5) is 0 Å². The van der Waals surface area contributed by atoms with E-state index in [1.807, 2.05) is 6.07 Å². The van der Waals surface area contributed by atoms with Crippen molar-refractivity contribution in [2.45, 2.75) is 44.5 Å². The molecule has 1 saturated carbocycles. The van der Waals surface area contributed by atoms with E-state index in [4.69, 9.17) is 14.9 Å². The maximum Gasteiger partial charge on any atom is 0.217 e. The standard InChI is InChI=1S/C14H14N4O2/c1-9-13(8-17)11(18)20-14(19-9)5-3-2-4-10(14)12(13,6-15)7-16/h9-10,18H,2-5H2,1H3/t9-,10+,13+,14-/m0/s1. The van der Waals surface area contributed by atoms with Gasteiger partial charge in [0, 0.05) is 6.42 Å². The first-order chi connectivity index (χ1) is 9.53. The Hall–Kier alpha value is -2.10. The largest absolute Gasteiger partial charge is 0.447 e. The predicted octanol–water partition coefficient (Wildman–Crippen LogP) is 1.84. The molecule has 0 aromatic carbocycles. The van der Waals surface area contributed by atoms with E-state index in [1.54, 1.807) is 6.92 Å². The average Bonchev–Trinajstić information content (AvgIpc) is 2.45. The van der Waals surface area contributed by atoms with Gasteiger partial charge in [-0.3, -0.25) is 5.41 Å². The zero-order chi connectivity index (χ0) is 14.6. The van der Waals surface area contributed by atoms with Crippen molar-refractivity contribution in [2.75, 3.05) is 0 Å². The molecule has 0 amide bonds. The van der Waals surface area contributed by atoms with Gasteiger partial charge in [0.25, 0.3) is 0 Å². The van der Waals surface area contributed by atoms with Crippen LogP contribution in [-0.2, 0) is 9.47 Å². The molecular formula is C14H14N4O2. The molecule has 3 saturated heterocycles. The maximum atomic E-state index is 9.70. The second kappa shape index (κ2) is 3.72. The Balaban J connectivity index is 2.31. The normalized spacial score (nSPS) is 44.4. The Bertz CT molecular complexity index is 596. The summed E-state index contributed by atoms with van der Waals surface area (Å²) < 4.78 is 11.5. The molecule has 0 aromatic heterocycles. The molecule has 2 bridgehead atoms. The molecule has 1 spiro atoms. The van der Waals surface area contributed by atoms with Crippen molar-refractivity contribution in [3.05, 3.63) is 0 Å². The van der Waals surface area contributed by atoms with Crippen LogP contribution in [0.3, 0.4) is 0 Å². The predicted molar refractivity (Wildman–Crippen MR) is 65.8 cm³/mol. The second-order valence-corrected chi connectivity index (χ2v) is 5.75. The van der Waals surface area contributed by atoms with Crippen molar-refractivity contribution in [2.24, 2.45) is 16.7 Å². The topological polar surface area (TPSA) is 114 Å². The zero-order valence-electron chi connectivity index (χ0n) is 11.1. The molecule has 20 heavy (non-hydrogen) atoms. The molecule has 0 aromatic rings. The van der Waals surface area contributed by atoms with Crippen LogP contribution in [0.1, 0.15) is 32.6 Å². The number of nitriles is 3. The first-order valence-electron chi connectivity index (χ1n) is 6.72. The quantitative estimate of drug-likeness (QED) is 0.721. The van der Waals surface area contributed by atoms with Gasteiger partial charge in [0.1, 0.15) is 0 Å². The highest BCUT2D eigenvalue weighted by molar-refractivity contribution is 5.88. The molecule has 6 nitrogen and oxygen atoms in total. The van der Waals surface area contributed by atoms with Crippen LogP contribution < -0.4 is 0 Å². The van der Waals surface area contributed by atoms with Crippen molar-refractivity contribution in [3.63, 3.8) is 0 Å². The van der Waals surface area contributed by atoms with Crippen molar-refractivity contribution in [3.8, 4) is 18.2 Å². The number of nitrogens with zero attached hydrogens (tertiary/aromatic N) is 3. The third kappa shape index (κ3) is 1.05. The molecule has 102 valence electrons. The molecule has 0 radical (unpaired) electrons. The van der Waals surface area contributed by atoms with Crippen LogP contribution in [0.5, 0.6) is 0 Å². The van der Waals surface area contributed by atoms with Crippen LogP contribution in [-0.4, -0.2) is 17.8 Å². The fourth-order valence-corrected chi connectivity index (χ4v) is 4.13. The summed E-state index contributed by atoms with van der Waals surface area (Å²) in [5, 5.41) is 37.1. The number of rotatable bonds is 0. The van der Waals surface area contributed by atoms with E-state index in [-0.39, 0.29) is 5.90 Å². The van der Waals surface area contributed by atoms with E-state index in [0.717, 1.165) is 12.8 Å². The van der Waals surface area contributed by atoms with Gasteiger partial charge in [0.2, 0.25) is 11.7 Å². The lowest BCUT2D eigenvalue weighted by molar-refractivity contribution is -0.353. The molecule has 0 unspecified atom stereocenters. The van der Waals surface area contributed by atoms with Gasteiger partial charge in [-0.1, -0.05) is 6.42 Å². The lowest BCUT2D eigenvalue weighted by atomic mass is 9.49. The van der Waals surface area contributed by atoms with Crippen LogP contribution in [0, 0.1) is 56.2 Å². The van der Waals surface area contributed by atoms with E-state index in [1.165, 1.54) is 0 Å². The van der Waals surface area contributed by atoms with Gasteiger partial charge in [-0.05, 0) is 19.8 Å². The van der Waals surface area contributed by atoms with E-state index < -0.39 is 28.6 Å². The Morgan fingerprint density at radius 3 is 2.45 bits per heavy atom. The molecule has 4 rings (SSSR count). The first-order valence-corrected chi connectivity index (χ1v) is 6.72. The van der Waals surface area contributed by atoms with Crippen molar-refractivity contribution >= 4 is 5.90 Å². The van der Waals surface area contributed by atoms with Gasteiger partial charge in [0.05, 0.1) is 30.2 Å². The van der Waals surface area contributed by atoms with E-state index in [0.29, 0.717) is 12.8 Å². The monoisotopic (exact) mass is 270 g/mol. The molecular weight excluding hydrogens is 256 g/mol. The maximum absolute atomic E-state index is 9.70. The van der Waals surface area contributed by atoms with Crippen LogP contribution in [0.15, 0.2) is 0 Å². The fraction of sp³-hybridized carbons (Fsp3) is 0.714. The Morgan fingerprint density at radius 1 is 1.20 bits per heavy atom. The molecule has 4 atom stereocenters. The molecule has 3 aliphatic heterocycles. The lowest BCUT2D eigenvalue weighted by Gasteiger charge is -2.63. The number of ether oxygens (including phenoxy) is 2.